The molecule has 1 aliphatic heterocycles. The first-order chi connectivity index (χ1) is 11.4. The number of hydrogen-bond donors (Lipinski definition) is 2. The van der Waals surface area contributed by atoms with E-state index in [0.717, 1.165) is 5.56 Å². The Labute approximate surface area is 139 Å². The molecule has 0 radical (unpaired) electrons. The SMILES string of the molecule is CNS(=O)(=O)c1ccc2c(c1)C(=Cc1ccc(C#N)cc1)C(=O)N2. The lowest BCUT2D eigenvalue weighted by Crippen LogP contribution is -2.18. The second-order valence-electron chi connectivity index (χ2n) is 5.16. The number of hydrogen-bond acceptors (Lipinski definition) is 4. The molecule has 7 heteroatoms. The van der Waals surface area contributed by atoms with Crippen molar-refractivity contribution >= 4 is 33.3 Å². The highest BCUT2D eigenvalue weighted by Crippen LogP contribution is 2.34. The smallest absolute Gasteiger partial charge is 0.256 e. The molecular weight excluding hydrogens is 326 g/mol. The van der Waals surface area contributed by atoms with Crippen LogP contribution in [0.1, 0.15) is 16.7 Å². The molecule has 0 saturated heterocycles. The van der Waals surface area contributed by atoms with Crippen LogP contribution in [0.5, 0.6) is 0 Å². The number of carbonyl (C=O) groups excluding carboxylic acids is 1. The number of anilines is 1. The Balaban J connectivity index is 2.08. The van der Waals surface area contributed by atoms with Gasteiger partial charge in [-0.15, -0.1) is 0 Å². The molecule has 0 bridgehead atoms. The summed E-state index contributed by atoms with van der Waals surface area (Å²) in [6.45, 7) is 0. The third-order valence-corrected chi connectivity index (χ3v) is 5.12. The number of nitrogens with zero attached hydrogens (tertiary/aromatic N) is 1. The van der Waals surface area contributed by atoms with Crippen LogP contribution in [0.2, 0.25) is 0 Å². The van der Waals surface area contributed by atoms with E-state index in [9.17, 15) is 13.2 Å². The van der Waals surface area contributed by atoms with Crippen LogP contribution < -0.4 is 10.0 Å². The fourth-order valence-corrected chi connectivity index (χ4v) is 3.17. The molecule has 24 heavy (non-hydrogen) atoms. The van der Waals surface area contributed by atoms with Crippen LogP contribution in [-0.4, -0.2) is 21.4 Å². The summed E-state index contributed by atoms with van der Waals surface area (Å²) in [6, 6.07) is 13.3. The van der Waals surface area contributed by atoms with Crippen molar-refractivity contribution in [2.45, 2.75) is 4.90 Å². The maximum atomic E-state index is 12.2. The molecule has 3 rings (SSSR count). The van der Waals surface area contributed by atoms with Crippen LogP contribution in [0.4, 0.5) is 5.69 Å². The number of rotatable bonds is 3. The first-order valence-electron chi connectivity index (χ1n) is 7.06. The van der Waals surface area contributed by atoms with E-state index in [1.807, 2.05) is 6.07 Å². The van der Waals surface area contributed by atoms with Gasteiger partial charge in [0.2, 0.25) is 10.0 Å². The molecule has 0 aromatic heterocycles. The van der Waals surface area contributed by atoms with Crippen LogP contribution >= 0.6 is 0 Å². The van der Waals surface area contributed by atoms with Crippen molar-refractivity contribution in [3.05, 3.63) is 59.2 Å². The van der Waals surface area contributed by atoms with Crippen molar-refractivity contribution in [3.63, 3.8) is 0 Å². The van der Waals surface area contributed by atoms with Crippen LogP contribution in [0, 0.1) is 11.3 Å². The van der Waals surface area contributed by atoms with E-state index in [2.05, 4.69) is 10.0 Å². The first kappa shape index (κ1) is 15.9. The summed E-state index contributed by atoms with van der Waals surface area (Å²) in [7, 11) is -2.26. The molecule has 2 aromatic carbocycles. The van der Waals surface area contributed by atoms with E-state index >= 15 is 0 Å². The maximum Gasteiger partial charge on any atom is 0.256 e. The van der Waals surface area contributed by atoms with Gasteiger partial charge < -0.3 is 5.32 Å². The Kier molecular flexibility index (Phi) is 3.93. The Morgan fingerprint density at radius 2 is 1.88 bits per heavy atom. The predicted octanol–water partition coefficient (Wildman–Crippen LogP) is 1.96. The summed E-state index contributed by atoms with van der Waals surface area (Å²) < 4.78 is 26.2. The highest BCUT2D eigenvalue weighted by Gasteiger charge is 2.26. The lowest BCUT2D eigenvalue weighted by atomic mass is 10.0. The fraction of sp³-hybridized carbons (Fsp3) is 0.0588. The summed E-state index contributed by atoms with van der Waals surface area (Å²) >= 11 is 0. The number of benzene rings is 2. The number of nitriles is 1. The average Bonchev–Trinajstić information content (AvgIpc) is 2.90. The third-order valence-electron chi connectivity index (χ3n) is 3.70. The topological polar surface area (TPSA) is 99.1 Å². The molecular formula is C17H13N3O3S. The summed E-state index contributed by atoms with van der Waals surface area (Å²) in [5, 5.41) is 11.5. The number of carbonyl (C=O) groups is 1. The van der Waals surface area contributed by atoms with Crippen LogP contribution in [0.15, 0.2) is 47.4 Å². The summed E-state index contributed by atoms with van der Waals surface area (Å²) in [5.74, 6) is -0.298. The van der Waals surface area contributed by atoms with Crippen molar-refractivity contribution < 1.29 is 13.2 Å². The van der Waals surface area contributed by atoms with E-state index in [0.29, 0.717) is 22.4 Å². The van der Waals surface area contributed by atoms with Gasteiger partial charge in [0.1, 0.15) is 0 Å². The molecule has 0 fully saturated rings. The zero-order chi connectivity index (χ0) is 17.3. The van der Waals surface area contributed by atoms with Crippen molar-refractivity contribution in [1.82, 2.24) is 4.72 Å². The van der Waals surface area contributed by atoms with Gasteiger partial charge in [0.15, 0.2) is 0 Å². The Hall–Kier alpha value is -2.95. The van der Waals surface area contributed by atoms with E-state index in [-0.39, 0.29) is 10.8 Å². The number of fused-ring (bicyclic) bond motifs is 1. The monoisotopic (exact) mass is 339 g/mol. The molecule has 0 spiro atoms. The molecule has 0 unspecified atom stereocenters. The van der Waals surface area contributed by atoms with Gasteiger partial charge in [0.05, 0.1) is 16.5 Å². The average molecular weight is 339 g/mol. The molecule has 0 saturated carbocycles. The van der Waals surface area contributed by atoms with Gasteiger partial charge in [0.25, 0.3) is 5.91 Å². The predicted molar refractivity (Wildman–Crippen MR) is 90.3 cm³/mol. The van der Waals surface area contributed by atoms with Crippen molar-refractivity contribution in [1.29, 1.82) is 5.26 Å². The van der Waals surface area contributed by atoms with Gasteiger partial charge in [-0.3, -0.25) is 4.79 Å². The van der Waals surface area contributed by atoms with Gasteiger partial charge >= 0.3 is 0 Å². The van der Waals surface area contributed by atoms with Crippen LogP contribution in [0.3, 0.4) is 0 Å². The minimum absolute atomic E-state index is 0.0889. The summed E-state index contributed by atoms with van der Waals surface area (Å²) in [6.07, 6.45) is 1.66. The lowest BCUT2D eigenvalue weighted by molar-refractivity contribution is -0.110. The minimum Gasteiger partial charge on any atom is -0.321 e. The maximum absolute atomic E-state index is 12.2. The van der Waals surface area contributed by atoms with Gasteiger partial charge in [-0.05, 0) is 49.0 Å². The van der Waals surface area contributed by atoms with E-state index < -0.39 is 10.0 Å². The number of sulfonamides is 1. The highest BCUT2D eigenvalue weighted by atomic mass is 32.2. The van der Waals surface area contributed by atoms with Gasteiger partial charge in [-0.25, -0.2) is 13.1 Å². The second kappa shape index (κ2) is 5.92. The largest absolute Gasteiger partial charge is 0.321 e. The fourth-order valence-electron chi connectivity index (χ4n) is 2.42. The van der Waals surface area contributed by atoms with Crippen LogP contribution in [-0.2, 0) is 14.8 Å². The molecule has 2 N–H and O–H groups in total. The molecule has 120 valence electrons. The normalized spacial score (nSPS) is 15.0. The summed E-state index contributed by atoms with van der Waals surface area (Å²) in [5.41, 5.74) is 2.74. The highest BCUT2D eigenvalue weighted by molar-refractivity contribution is 7.89. The Morgan fingerprint density at radius 3 is 2.50 bits per heavy atom. The molecule has 0 aliphatic carbocycles. The quantitative estimate of drug-likeness (QED) is 0.835. The third kappa shape index (κ3) is 2.80. The first-order valence-corrected chi connectivity index (χ1v) is 8.54. The summed E-state index contributed by atoms with van der Waals surface area (Å²) in [4.78, 5) is 12.3. The second-order valence-corrected chi connectivity index (χ2v) is 7.05. The van der Waals surface area contributed by atoms with Crippen molar-refractivity contribution in [3.8, 4) is 6.07 Å². The standard InChI is InChI=1S/C17H13N3O3S/c1-19-24(22,23)13-6-7-16-14(9-13)15(17(21)20-16)8-11-2-4-12(10-18)5-3-11/h2-9,19H,1H3,(H,20,21). The minimum atomic E-state index is -3.59. The van der Waals surface area contributed by atoms with E-state index in [1.54, 1.807) is 36.4 Å². The van der Waals surface area contributed by atoms with Gasteiger partial charge in [-0.1, -0.05) is 12.1 Å². The molecule has 1 heterocycles. The zero-order valence-corrected chi connectivity index (χ0v) is 13.5. The molecule has 6 nitrogen and oxygen atoms in total. The molecule has 1 amide bonds. The molecule has 1 aliphatic rings. The van der Waals surface area contributed by atoms with Crippen molar-refractivity contribution in [2.24, 2.45) is 0 Å². The number of amides is 1. The van der Waals surface area contributed by atoms with Gasteiger partial charge in [0, 0.05) is 16.8 Å². The molecule has 2 aromatic rings. The van der Waals surface area contributed by atoms with E-state index in [1.165, 1.54) is 19.2 Å². The Bertz CT molecular complexity index is 1000. The Morgan fingerprint density at radius 1 is 1.17 bits per heavy atom. The molecule has 0 atom stereocenters. The zero-order valence-electron chi connectivity index (χ0n) is 12.7. The van der Waals surface area contributed by atoms with Crippen LogP contribution in [0.25, 0.3) is 11.6 Å². The van der Waals surface area contributed by atoms with Crippen molar-refractivity contribution in [2.75, 3.05) is 12.4 Å². The lowest BCUT2D eigenvalue weighted by Gasteiger charge is -2.05. The number of nitrogens with one attached hydrogen (secondary N) is 2. The van der Waals surface area contributed by atoms with E-state index in [4.69, 9.17) is 5.26 Å². The van der Waals surface area contributed by atoms with Gasteiger partial charge in [-0.2, -0.15) is 5.26 Å².